The molecule has 0 atom stereocenters. The van der Waals surface area contributed by atoms with Crippen LogP contribution in [0.3, 0.4) is 0 Å². The zero-order chi connectivity index (χ0) is 8.27. The maximum atomic E-state index is 10.7. The molecule has 0 spiro atoms. The summed E-state index contributed by atoms with van der Waals surface area (Å²) in [4.78, 5) is 10.7. The summed E-state index contributed by atoms with van der Waals surface area (Å²) in [6, 6.07) is 0. The fourth-order valence-electron chi connectivity index (χ4n) is 0.731. The molecule has 0 bridgehead atoms. The van der Waals surface area contributed by atoms with E-state index in [1.54, 1.807) is 0 Å². The average molecular weight is 152 g/mol. The number of rotatable bonds is 2. The van der Waals surface area contributed by atoms with Gasteiger partial charge in [-0.25, -0.2) is 0 Å². The molecule has 1 amide bonds. The number of nitrogens with zero attached hydrogens (tertiary/aromatic N) is 2. The minimum atomic E-state index is -0.527. The molecule has 5 heteroatoms. The van der Waals surface area contributed by atoms with Gasteiger partial charge in [-0.1, -0.05) is 0 Å². The van der Waals surface area contributed by atoms with Crippen molar-refractivity contribution in [1.29, 1.82) is 0 Å². The van der Waals surface area contributed by atoms with Gasteiger partial charge in [-0.3, -0.25) is 4.79 Å². The van der Waals surface area contributed by atoms with E-state index in [4.69, 9.17) is 11.5 Å². The zero-order valence-corrected chi connectivity index (χ0v) is 5.82. The molecule has 0 aromatic carbocycles. The molecule has 1 aromatic heterocycles. The van der Waals surface area contributed by atoms with Crippen LogP contribution in [0, 0.1) is 0 Å². The van der Waals surface area contributed by atoms with Gasteiger partial charge < -0.3 is 11.5 Å². The van der Waals surface area contributed by atoms with Gasteiger partial charge in [0.2, 0.25) is 0 Å². The van der Waals surface area contributed by atoms with E-state index < -0.39 is 5.91 Å². The summed E-state index contributed by atoms with van der Waals surface area (Å²) in [6.45, 7) is 0.244. The lowest BCUT2D eigenvalue weighted by Gasteiger charge is -1.99. The molecule has 1 aromatic rings. The molecule has 11 heavy (non-hydrogen) atoms. The highest BCUT2D eigenvalue weighted by molar-refractivity contribution is 5.93. The van der Waals surface area contributed by atoms with Crippen LogP contribution in [0.2, 0.25) is 0 Å². The van der Waals surface area contributed by atoms with Crippen LogP contribution in [0.5, 0.6) is 0 Å². The molecule has 0 saturated carbocycles. The van der Waals surface area contributed by atoms with Crippen LogP contribution in [0.25, 0.3) is 0 Å². The molecule has 0 aliphatic heterocycles. The van der Waals surface area contributed by atoms with Crippen LogP contribution in [0.4, 0.5) is 0 Å². The highest BCUT2D eigenvalue weighted by Crippen LogP contribution is 2.01. The zero-order valence-electron chi connectivity index (χ0n) is 5.82. The van der Waals surface area contributed by atoms with E-state index in [-0.39, 0.29) is 6.54 Å². The van der Waals surface area contributed by atoms with Crippen molar-refractivity contribution < 1.29 is 4.79 Å². The van der Waals surface area contributed by atoms with Crippen LogP contribution >= 0.6 is 0 Å². The number of carbonyl (C=O) groups excluding carboxylic acids is 1. The third-order valence-electron chi connectivity index (χ3n) is 1.30. The van der Waals surface area contributed by atoms with E-state index in [0.717, 1.165) is 0 Å². The third-order valence-corrected chi connectivity index (χ3v) is 1.30. The standard InChI is InChI=1S/C6H8N4O/c7-1-4-2-9-10-3-5(4)6(8)11/h2-3H,1,7H2,(H2,8,11). The monoisotopic (exact) mass is 152 g/mol. The van der Waals surface area contributed by atoms with Crippen molar-refractivity contribution in [2.24, 2.45) is 11.5 Å². The fourth-order valence-corrected chi connectivity index (χ4v) is 0.731. The van der Waals surface area contributed by atoms with Crippen molar-refractivity contribution >= 4 is 5.91 Å². The Bertz CT molecular complexity index is 273. The molecular weight excluding hydrogens is 144 g/mol. The number of carbonyl (C=O) groups is 1. The Morgan fingerprint density at radius 2 is 2.09 bits per heavy atom. The van der Waals surface area contributed by atoms with E-state index in [9.17, 15) is 4.79 Å². The molecule has 0 unspecified atom stereocenters. The third kappa shape index (κ3) is 1.50. The fraction of sp³-hybridized carbons (Fsp3) is 0.167. The first-order chi connectivity index (χ1) is 5.25. The number of nitrogens with two attached hydrogens (primary N) is 2. The van der Waals surface area contributed by atoms with E-state index in [2.05, 4.69) is 10.2 Å². The Labute approximate surface area is 63.4 Å². The van der Waals surface area contributed by atoms with Gasteiger partial charge in [0.15, 0.2) is 0 Å². The van der Waals surface area contributed by atoms with Gasteiger partial charge in [0, 0.05) is 12.1 Å². The predicted molar refractivity (Wildman–Crippen MR) is 38.4 cm³/mol. The minimum absolute atomic E-state index is 0.244. The van der Waals surface area contributed by atoms with Crippen molar-refractivity contribution in [3.05, 3.63) is 23.5 Å². The van der Waals surface area contributed by atoms with Crippen LogP contribution < -0.4 is 11.5 Å². The first-order valence-electron chi connectivity index (χ1n) is 3.05. The van der Waals surface area contributed by atoms with Gasteiger partial charge >= 0.3 is 0 Å². The van der Waals surface area contributed by atoms with Crippen molar-refractivity contribution in [3.8, 4) is 0 Å². The molecule has 1 rings (SSSR count). The number of primary amides is 1. The van der Waals surface area contributed by atoms with Gasteiger partial charge in [0.1, 0.15) is 0 Å². The summed E-state index contributed by atoms with van der Waals surface area (Å²) in [5.41, 5.74) is 11.3. The van der Waals surface area contributed by atoms with Gasteiger partial charge in [-0.2, -0.15) is 10.2 Å². The summed E-state index contributed by atoms with van der Waals surface area (Å²) in [7, 11) is 0. The Morgan fingerprint density at radius 1 is 1.45 bits per heavy atom. The highest BCUT2D eigenvalue weighted by Gasteiger charge is 2.05. The maximum absolute atomic E-state index is 10.7. The number of hydrogen-bond acceptors (Lipinski definition) is 4. The summed E-state index contributed by atoms with van der Waals surface area (Å²) in [6.07, 6.45) is 2.74. The SMILES string of the molecule is NCc1cnncc1C(N)=O. The maximum Gasteiger partial charge on any atom is 0.250 e. The second-order valence-electron chi connectivity index (χ2n) is 2.00. The lowest BCUT2D eigenvalue weighted by molar-refractivity contribution is 0.0999. The molecule has 0 aliphatic carbocycles. The summed E-state index contributed by atoms with van der Waals surface area (Å²) in [5, 5.41) is 7.07. The first kappa shape index (κ1) is 7.62. The van der Waals surface area contributed by atoms with Gasteiger partial charge in [-0.15, -0.1) is 0 Å². The Morgan fingerprint density at radius 3 is 2.55 bits per heavy atom. The quantitative estimate of drug-likeness (QED) is 0.570. The predicted octanol–water partition coefficient (Wildman–Crippen LogP) is -0.966. The topological polar surface area (TPSA) is 94.9 Å². The lowest BCUT2D eigenvalue weighted by atomic mass is 10.1. The molecular formula is C6H8N4O. The summed E-state index contributed by atoms with van der Waals surface area (Å²) < 4.78 is 0. The smallest absolute Gasteiger partial charge is 0.250 e. The second kappa shape index (κ2) is 3.07. The highest BCUT2D eigenvalue weighted by atomic mass is 16.1. The van der Waals surface area contributed by atoms with Crippen molar-refractivity contribution in [2.75, 3.05) is 0 Å². The van der Waals surface area contributed by atoms with Crippen LogP contribution in [-0.4, -0.2) is 16.1 Å². The van der Waals surface area contributed by atoms with Crippen LogP contribution in [0.15, 0.2) is 12.4 Å². The van der Waals surface area contributed by atoms with Gasteiger partial charge in [0.05, 0.1) is 18.0 Å². The van der Waals surface area contributed by atoms with Gasteiger partial charge in [0.25, 0.3) is 5.91 Å². The van der Waals surface area contributed by atoms with E-state index in [1.165, 1.54) is 12.4 Å². The van der Waals surface area contributed by atoms with E-state index >= 15 is 0 Å². The second-order valence-corrected chi connectivity index (χ2v) is 2.00. The van der Waals surface area contributed by atoms with Crippen LogP contribution in [0.1, 0.15) is 15.9 Å². The molecule has 4 N–H and O–H groups in total. The van der Waals surface area contributed by atoms with Crippen LogP contribution in [-0.2, 0) is 6.54 Å². The van der Waals surface area contributed by atoms with E-state index in [1.807, 2.05) is 0 Å². The normalized spacial score (nSPS) is 9.55. The molecule has 5 nitrogen and oxygen atoms in total. The van der Waals surface area contributed by atoms with Crippen molar-refractivity contribution in [1.82, 2.24) is 10.2 Å². The van der Waals surface area contributed by atoms with Crippen molar-refractivity contribution in [2.45, 2.75) is 6.54 Å². The van der Waals surface area contributed by atoms with E-state index in [0.29, 0.717) is 11.1 Å². The molecule has 0 saturated heterocycles. The molecule has 58 valence electrons. The summed E-state index contributed by atoms with van der Waals surface area (Å²) in [5.74, 6) is -0.527. The average Bonchev–Trinajstić information content (AvgIpc) is 2.04. The molecule has 1 heterocycles. The Hall–Kier alpha value is -1.49. The Kier molecular flexibility index (Phi) is 2.12. The molecule has 0 radical (unpaired) electrons. The minimum Gasteiger partial charge on any atom is -0.366 e. The molecule has 0 fully saturated rings. The number of aromatic nitrogens is 2. The largest absolute Gasteiger partial charge is 0.366 e. The summed E-state index contributed by atoms with van der Waals surface area (Å²) >= 11 is 0. The van der Waals surface area contributed by atoms with Crippen molar-refractivity contribution in [3.63, 3.8) is 0 Å². The first-order valence-corrected chi connectivity index (χ1v) is 3.05. The lowest BCUT2D eigenvalue weighted by Crippen LogP contribution is -2.16. The van der Waals surface area contributed by atoms with Gasteiger partial charge in [-0.05, 0) is 0 Å². The number of amides is 1. The Balaban J connectivity index is 3.12. The number of hydrogen-bond donors (Lipinski definition) is 2. The molecule has 0 aliphatic rings.